The van der Waals surface area contributed by atoms with E-state index in [2.05, 4.69) is 14.8 Å². The molecule has 1 aromatic rings. The predicted octanol–water partition coefficient (Wildman–Crippen LogP) is 0.967. The maximum absolute atomic E-state index is 12.5. The Labute approximate surface area is 160 Å². The molecule has 0 aromatic heterocycles. The number of hydrogen-bond donors (Lipinski definition) is 2. The van der Waals surface area contributed by atoms with Crippen LogP contribution in [0.1, 0.15) is 33.3 Å². The number of rotatable bonds is 9. The molecule has 2 N–H and O–H groups in total. The van der Waals surface area contributed by atoms with Gasteiger partial charge in [0.25, 0.3) is 0 Å². The zero-order chi connectivity index (χ0) is 20.7. The molecule has 0 aliphatic heterocycles. The summed E-state index contributed by atoms with van der Waals surface area (Å²) in [6.07, 6.45) is 0. The van der Waals surface area contributed by atoms with E-state index in [-0.39, 0.29) is 12.4 Å². The summed E-state index contributed by atoms with van der Waals surface area (Å²) in [5.41, 5.74) is 0.0148. The first kappa shape index (κ1) is 23.1. The first-order valence-electron chi connectivity index (χ1n) is 8.49. The molecule has 0 radical (unpaired) electrons. The van der Waals surface area contributed by atoms with Gasteiger partial charge < -0.3 is 14.8 Å². The average molecular weight is 400 g/mol. The van der Waals surface area contributed by atoms with Gasteiger partial charge in [0.1, 0.15) is 12.1 Å². The van der Waals surface area contributed by atoms with E-state index in [0.717, 1.165) is 0 Å². The summed E-state index contributed by atoms with van der Waals surface area (Å²) in [5, 5.41) is 2.43. The molecular weight excluding hydrogens is 372 g/mol. The minimum absolute atomic E-state index is 0.183. The first-order valence-corrected chi connectivity index (χ1v) is 10.1. The van der Waals surface area contributed by atoms with Crippen LogP contribution in [0.25, 0.3) is 0 Å². The summed E-state index contributed by atoms with van der Waals surface area (Å²) in [6.45, 7) is 6.63. The van der Waals surface area contributed by atoms with Gasteiger partial charge in [-0.25, -0.2) is 17.9 Å². The van der Waals surface area contributed by atoms with Crippen molar-refractivity contribution in [1.29, 1.82) is 0 Å². The van der Waals surface area contributed by atoms with E-state index in [4.69, 9.17) is 4.74 Å². The third kappa shape index (κ3) is 8.98. The van der Waals surface area contributed by atoms with Crippen LogP contribution in [0.3, 0.4) is 0 Å². The third-order valence-corrected chi connectivity index (χ3v) is 4.79. The minimum atomic E-state index is -3.82. The fourth-order valence-electron chi connectivity index (χ4n) is 2.10. The lowest BCUT2D eigenvalue weighted by molar-refractivity contribution is -0.145. The van der Waals surface area contributed by atoms with Crippen molar-refractivity contribution < 1.29 is 27.5 Å². The highest BCUT2D eigenvalue weighted by Gasteiger charge is 2.29. The van der Waals surface area contributed by atoms with Gasteiger partial charge in [-0.05, 0) is 33.3 Å². The van der Waals surface area contributed by atoms with Crippen LogP contribution in [0.5, 0.6) is 0 Å². The summed E-state index contributed by atoms with van der Waals surface area (Å²) in [6, 6.07) is 6.50. The van der Waals surface area contributed by atoms with E-state index in [1.165, 1.54) is 14.0 Å². The lowest BCUT2D eigenvalue weighted by Crippen LogP contribution is -2.53. The van der Waals surface area contributed by atoms with Crippen LogP contribution in [0.4, 0.5) is 0 Å². The summed E-state index contributed by atoms with van der Waals surface area (Å²) >= 11 is 0. The van der Waals surface area contributed by atoms with Crippen molar-refractivity contribution in [2.75, 3.05) is 13.7 Å². The van der Waals surface area contributed by atoms with E-state index in [0.29, 0.717) is 5.56 Å². The molecule has 0 fully saturated rings. The van der Waals surface area contributed by atoms with Crippen molar-refractivity contribution in [2.24, 2.45) is 0 Å². The molecule has 0 saturated carbocycles. The Morgan fingerprint density at radius 3 is 2.26 bits per heavy atom. The fourth-order valence-corrected chi connectivity index (χ4v) is 3.42. The molecule has 27 heavy (non-hydrogen) atoms. The van der Waals surface area contributed by atoms with Crippen LogP contribution in [-0.2, 0) is 34.8 Å². The number of amides is 1. The second-order valence-electron chi connectivity index (χ2n) is 7.09. The van der Waals surface area contributed by atoms with Crippen LogP contribution in [0, 0.1) is 0 Å². The molecule has 0 bridgehead atoms. The molecule has 2 unspecified atom stereocenters. The van der Waals surface area contributed by atoms with Crippen molar-refractivity contribution in [2.45, 2.75) is 51.1 Å². The monoisotopic (exact) mass is 400 g/mol. The highest BCUT2D eigenvalue weighted by Crippen LogP contribution is 2.09. The Morgan fingerprint density at radius 1 is 1.15 bits per heavy atom. The molecule has 0 heterocycles. The van der Waals surface area contributed by atoms with Crippen molar-refractivity contribution in [3.05, 3.63) is 35.9 Å². The largest absolute Gasteiger partial charge is 0.467 e. The molecule has 0 saturated heterocycles. The molecule has 1 aromatic carbocycles. The first-order chi connectivity index (χ1) is 12.4. The second-order valence-corrected chi connectivity index (χ2v) is 8.85. The number of carbonyl (C=O) groups excluding carboxylic acids is 2. The van der Waals surface area contributed by atoms with Crippen LogP contribution in [0.15, 0.2) is 30.3 Å². The molecule has 9 heteroatoms. The zero-order valence-electron chi connectivity index (χ0n) is 16.3. The van der Waals surface area contributed by atoms with E-state index < -0.39 is 39.6 Å². The lowest BCUT2D eigenvalue weighted by Gasteiger charge is -2.25. The molecular formula is C18H28N2O6S. The minimum Gasteiger partial charge on any atom is -0.467 e. The van der Waals surface area contributed by atoms with Gasteiger partial charge in [0.05, 0.1) is 25.1 Å². The van der Waals surface area contributed by atoms with E-state index in [1.54, 1.807) is 51.1 Å². The number of esters is 1. The van der Waals surface area contributed by atoms with Crippen LogP contribution in [-0.4, -0.2) is 51.7 Å². The van der Waals surface area contributed by atoms with Gasteiger partial charge in [0, 0.05) is 0 Å². The Balaban J connectivity index is 2.89. The van der Waals surface area contributed by atoms with E-state index in [9.17, 15) is 18.0 Å². The standard InChI is InChI=1S/C18H28N2O6S/c1-13(17(22)25-5)19-16(21)15(11-26-18(2,3)4)20-27(23,24)12-14-9-7-6-8-10-14/h6-10,13,15,20H,11-12H2,1-5H3,(H,19,21). The van der Waals surface area contributed by atoms with Gasteiger partial charge in [-0.15, -0.1) is 0 Å². The maximum Gasteiger partial charge on any atom is 0.328 e. The number of sulfonamides is 1. The summed E-state index contributed by atoms with van der Waals surface area (Å²) < 4.78 is 37.4. The molecule has 2 atom stereocenters. The summed E-state index contributed by atoms with van der Waals surface area (Å²) in [7, 11) is -2.61. The van der Waals surface area contributed by atoms with Gasteiger partial charge in [-0.2, -0.15) is 0 Å². The normalized spacial score (nSPS) is 14.3. The van der Waals surface area contributed by atoms with E-state index >= 15 is 0 Å². The number of carbonyl (C=O) groups is 2. The third-order valence-electron chi connectivity index (χ3n) is 3.43. The Hall–Kier alpha value is -1.97. The number of benzene rings is 1. The molecule has 0 spiro atoms. The van der Waals surface area contributed by atoms with Gasteiger partial charge in [0.15, 0.2) is 0 Å². The molecule has 8 nitrogen and oxygen atoms in total. The van der Waals surface area contributed by atoms with Crippen molar-refractivity contribution in [1.82, 2.24) is 10.0 Å². The van der Waals surface area contributed by atoms with Gasteiger partial charge in [-0.1, -0.05) is 30.3 Å². The average Bonchev–Trinajstić information content (AvgIpc) is 2.57. The van der Waals surface area contributed by atoms with E-state index in [1.807, 2.05) is 0 Å². The number of methoxy groups -OCH3 is 1. The van der Waals surface area contributed by atoms with Gasteiger partial charge in [-0.3, -0.25) is 4.79 Å². The number of ether oxygens (including phenoxy) is 2. The van der Waals surface area contributed by atoms with Gasteiger partial charge >= 0.3 is 5.97 Å². The molecule has 0 aliphatic carbocycles. The molecule has 1 rings (SSSR count). The predicted molar refractivity (Wildman–Crippen MR) is 101 cm³/mol. The quantitative estimate of drug-likeness (QED) is 0.598. The molecule has 152 valence electrons. The Bertz CT molecular complexity index is 728. The van der Waals surface area contributed by atoms with Crippen molar-refractivity contribution in [3.8, 4) is 0 Å². The van der Waals surface area contributed by atoms with Crippen LogP contribution < -0.4 is 10.0 Å². The molecule has 1 amide bonds. The lowest BCUT2D eigenvalue weighted by atomic mass is 10.2. The number of nitrogens with one attached hydrogen (secondary N) is 2. The topological polar surface area (TPSA) is 111 Å². The SMILES string of the molecule is COC(=O)C(C)NC(=O)C(COC(C)(C)C)NS(=O)(=O)Cc1ccccc1. The van der Waals surface area contributed by atoms with Gasteiger partial charge in [0.2, 0.25) is 15.9 Å². The van der Waals surface area contributed by atoms with Crippen molar-refractivity contribution in [3.63, 3.8) is 0 Å². The number of hydrogen-bond acceptors (Lipinski definition) is 6. The smallest absolute Gasteiger partial charge is 0.328 e. The summed E-state index contributed by atoms with van der Waals surface area (Å²) in [4.78, 5) is 24.0. The van der Waals surface area contributed by atoms with Crippen LogP contribution >= 0.6 is 0 Å². The second kappa shape index (κ2) is 9.82. The highest BCUT2D eigenvalue weighted by atomic mass is 32.2. The fraction of sp³-hybridized carbons (Fsp3) is 0.556. The Kier molecular flexibility index (Phi) is 8.39. The molecule has 0 aliphatic rings. The van der Waals surface area contributed by atoms with Crippen LogP contribution in [0.2, 0.25) is 0 Å². The zero-order valence-corrected chi connectivity index (χ0v) is 17.1. The maximum atomic E-state index is 12.5. The van der Waals surface area contributed by atoms with Crippen molar-refractivity contribution >= 4 is 21.9 Å². The summed E-state index contributed by atoms with van der Waals surface area (Å²) in [5.74, 6) is -1.58. The highest BCUT2D eigenvalue weighted by molar-refractivity contribution is 7.88. The Morgan fingerprint density at radius 2 is 1.74 bits per heavy atom.